The van der Waals surface area contributed by atoms with Crippen molar-refractivity contribution in [1.29, 1.82) is 0 Å². The Morgan fingerprint density at radius 2 is 2.04 bits per heavy atom. The van der Waals surface area contributed by atoms with E-state index in [0.717, 1.165) is 49.0 Å². The summed E-state index contributed by atoms with van der Waals surface area (Å²) < 4.78 is 13.7. The number of halogens is 1. The zero-order valence-electron chi connectivity index (χ0n) is 15.1. The van der Waals surface area contributed by atoms with Gasteiger partial charge in [0.15, 0.2) is 5.82 Å². The molecular weight excluding hydrogens is 361 g/mol. The van der Waals surface area contributed by atoms with E-state index in [-0.39, 0.29) is 0 Å². The average molecular weight is 379 g/mol. The Hall–Kier alpha value is -3.29. The number of aromatic amines is 1. The molecule has 0 amide bonds. The van der Waals surface area contributed by atoms with Gasteiger partial charge in [-0.25, -0.2) is 24.1 Å². The summed E-state index contributed by atoms with van der Waals surface area (Å²) in [6.45, 7) is 0.698. The monoisotopic (exact) mass is 379 g/mol. The molecule has 2 N–H and O–H groups in total. The third-order valence-electron chi connectivity index (χ3n) is 5.46. The molecule has 0 spiro atoms. The molecule has 0 bridgehead atoms. The first-order valence-corrected chi connectivity index (χ1v) is 9.33. The molecule has 0 saturated heterocycles. The summed E-state index contributed by atoms with van der Waals surface area (Å²) >= 11 is 0. The van der Waals surface area contributed by atoms with Crippen LogP contribution in [0.15, 0.2) is 35.9 Å². The van der Waals surface area contributed by atoms with Crippen molar-refractivity contribution < 1.29 is 14.3 Å². The van der Waals surface area contributed by atoms with E-state index in [0.29, 0.717) is 41.0 Å². The molecule has 4 heterocycles. The van der Waals surface area contributed by atoms with E-state index in [4.69, 9.17) is 4.98 Å². The topological polar surface area (TPSA) is 95.0 Å². The van der Waals surface area contributed by atoms with Gasteiger partial charge in [0.2, 0.25) is 0 Å². The van der Waals surface area contributed by atoms with Crippen LogP contribution >= 0.6 is 0 Å². The van der Waals surface area contributed by atoms with Crippen LogP contribution in [0.3, 0.4) is 0 Å². The molecule has 3 aromatic rings. The van der Waals surface area contributed by atoms with Crippen LogP contribution < -0.4 is 4.90 Å². The third kappa shape index (κ3) is 2.64. The molecule has 1 aliphatic carbocycles. The zero-order valence-corrected chi connectivity index (χ0v) is 15.1. The molecule has 0 saturated carbocycles. The molecule has 8 heteroatoms. The van der Waals surface area contributed by atoms with Crippen molar-refractivity contribution in [3.63, 3.8) is 0 Å². The lowest BCUT2D eigenvalue weighted by atomic mass is 9.95. The Kier molecular flexibility index (Phi) is 3.85. The van der Waals surface area contributed by atoms with Gasteiger partial charge in [0.25, 0.3) is 0 Å². The summed E-state index contributed by atoms with van der Waals surface area (Å²) in [5.74, 6) is -0.0536. The summed E-state index contributed by atoms with van der Waals surface area (Å²) in [7, 11) is 0. The standard InChI is InChI=1S/C20H18FN5O2/c21-12-7-14-15(10-24-17(14)23-9-12)18-22-8-11-5-6-26(19(11)25-18)16-4-2-1-3-13(16)20(27)28/h7-10H,1-6H2,(H,23,24)(H,27,28). The van der Waals surface area contributed by atoms with Gasteiger partial charge in [0, 0.05) is 41.1 Å². The van der Waals surface area contributed by atoms with Crippen LogP contribution in [0.25, 0.3) is 22.4 Å². The number of allylic oxidation sites excluding steroid dienone is 1. The van der Waals surface area contributed by atoms with E-state index >= 15 is 0 Å². The van der Waals surface area contributed by atoms with E-state index in [2.05, 4.69) is 15.0 Å². The van der Waals surface area contributed by atoms with Crippen LogP contribution in [0.1, 0.15) is 31.2 Å². The lowest BCUT2D eigenvalue weighted by molar-refractivity contribution is -0.133. The highest BCUT2D eigenvalue weighted by Crippen LogP contribution is 2.37. The maximum atomic E-state index is 13.7. The minimum atomic E-state index is -0.851. The van der Waals surface area contributed by atoms with Gasteiger partial charge in [-0.2, -0.15) is 0 Å². The van der Waals surface area contributed by atoms with Crippen molar-refractivity contribution in [3.8, 4) is 11.4 Å². The molecule has 5 rings (SSSR count). The fourth-order valence-electron chi connectivity index (χ4n) is 4.12. The first-order valence-electron chi connectivity index (χ1n) is 9.33. The van der Waals surface area contributed by atoms with Gasteiger partial charge in [-0.3, -0.25) is 0 Å². The molecule has 0 atom stereocenters. The predicted molar refractivity (Wildman–Crippen MR) is 101 cm³/mol. The van der Waals surface area contributed by atoms with Crippen molar-refractivity contribution in [2.75, 3.05) is 11.4 Å². The number of aliphatic carboxylic acids is 1. The SMILES string of the molecule is O=C(O)C1=C(N2CCc3cnc(-c4c[nH]c5ncc(F)cc45)nc32)CCCC1. The molecule has 3 aromatic heterocycles. The maximum absolute atomic E-state index is 13.7. The molecule has 28 heavy (non-hydrogen) atoms. The maximum Gasteiger partial charge on any atom is 0.333 e. The Morgan fingerprint density at radius 1 is 1.18 bits per heavy atom. The minimum absolute atomic E-state index is 0.422. The van der Waals surface area contributed by atoms with Gasteiger partial charge in [-0.1, -0.05) is 0 Å². The number of H-pyrrole nitrogens is 1. The van der Waals surface area contributed by atoms with Crippen molar-refractivity contribution in [1.82, 2.24) is 19.9 Å². The molecule has 0 radical (unpaired) electrons. The van der Waals surface area contributed by atoms with Crippen LogP contribution in [0.4, 0.5) is 10.2 Å². The molecule has 0 unspecified atom stereocenters. The predicted octanol–water partition coefficient (Wildman–Crippen LogP) is 3.43. The Bertz CT molecular complexity index is 1140. The summed E-state index contributed by atoms with van der Waals surface area (Å²) in [5, 5.41) is 10.2. The van der Waals surface area contributed by atoms with Crippen LogP contribution in [0, 0.1) is 5.82 Å². The number of rotatable bonds is 3. The van der Waals surface area contributed by atoms with E-state index in [1.165, 1.54) is 6.07 Å². The van der Waals surface area contributed by atoms with Crippen LogP contribution in [0.5, 0.6) is 0 Å². The molecule has 0 fully saturated rings. The van der Waals surface area contributed by atoms with E-state index in [1.54, 1.807) is 12.4 Å². The van der Waals surface area contributed by atoms with Crippen LogP contribution in [-0.4, -0.2) is 37.6 Å². The highest BCUT2D eigenvalue weighted by Gasteiger charge is 2.30. The Morgan fingerprint density at radius 3 is 2.89 bits per heavy atom. The van der Waals surface area contributed by atoms with E-state index in [1.807, 2.05) is 4.90 Å². The smallest absolute Gasteiger partial charge is 0.333 e. The molecule has 2 aliphatic rings. The first kappa shape index (κ1) is 16.9. The number of aromatic nitrogens is 4. The number of fused-ring (bicyclic) bond motifs is 2. The number of anilines is 1. The molecule has 7 nitrogen and oxygen atoms in total. The van der Waals surface area contributed by atoms with Gasteiger partial charge in [0.1, 0.15) is 17.3 Å². The van der Waals surface area contributed by atoms with Gasteiger partial charge in [0.05, 0.1) is 11.8 Å². The van der Waals surface area contributed by atoms with Gasteiger partial charge < -0.3 is 15.0 Å². The summed E-state index contributed by atoms with van der Waals surface area (Å²) in [5.41, 5.74) is 3.58. The average Bonchev–Trinajstić information content (AvgIpc) is 3.31. The second-order valence-corrected chi connectivity index (χ2v) is 7.13. The number of nitrogens with zero attached hydrogens (tertiary/aromatic N) is 4. The van der Waals surface area contributed by atoms with Gasteiger partial charge >= 0.3 is 5.97 Å². The second kappa shape index (κ2) is 6.40. The minimum Gasteiger partial charge on any atom is -0.478 e. The number of nitrogens with one attached hydrogen (secondary N) is 1. The van der Waals surface area contributed by atoms with Crippen LogP contribution in [-0.2, 0) is 11.2 Å². The summed E-state index contributed by atoms with van der Waals surface area (Å²) in [6.07, 6.45) is 8.64. The van der Waals surface area contributed by atoms with Gasteiger partial charge in [-0.15, -0.1) is 0 Å². The summed E-state index contributed by atoms with van der Waals surface area (Å²) in [4.78, 5) is 30.0. The number of carboxylic acid groups (broad SMARTS) is 1. The number of carbonyl (C=O) groups is 1. The normalized spacial score (nSPS) is 16.7. The fraction of sp³-hybridized carbons (Fsp3) is 0.300. The van der Waals surface area contributed by atoms with Crippen molar-refractivity contribution in [2.45, 2.75) is 32.1 Å². The highest BCUT2D eigenvalue weighted by atomic mass is 19.1. The third-order valence-corrected chi connectivity index (χ3v) is 5.46. The largest absolute Gasteiger partial charge is 0.478 e. The zero-order chi connectivity index (χ0) is 19.3. The number of hydrogen-bond donors (Lipinski definition) is 2. The second-order valence-electron chi connectivity index (χ2n) is 7.13. The van der Waals surface area contributed by atoms with E-state index < -0.39 is 11.8 Å². The van der Waals surface area contributed by atoms with Crippen molar-refractivity contribution in [3.05, 3.63) is 47.3 Å². The molecular formula is C20H18FN5O2. The number of hydrogen-bond acceptors (Lipinski definition) is 5. The highest BCUT2D eigenvalue weighted by molar-refractivity contribution is 5.92. The number of pyridine rings is 1. The first-order chi connectivity index (χ1) is 13.6. The van der Waals surface area contributed by atoms with Crippen molar-refractivity contribution >= 4 is 22.8 Å². The number of carboxylic acids is 1. The fourth-order valence-corrected chi connectivity index (χ4v) is 4.12. The molecule has 142 valence electrons. The Balaban J connectivity index is 1.61. The van der Waals surface area contributed by atoms with Crippen molar-refractivity contribution in [2.24, 2.45) is 0 Å². The lowest BCUT2D eigenvalue weighted by Gasteiger charge is -2.27. The lowest BCUT2D eigenvalue weighted by Crippen LogP contribution is -2.26. The summed E-state index contributed by atoms with van der Waals surface area (Å²) in [6, 6.07) is 1.41. The quantitative estimate of drug-likeness (QED) is 0.724. The van der Waals surface area contributed by atoms with E-state index in [9.17, 15) is 14.3 Å². The molecule has 0 aromatic carbocycles. The Labute approximate surface area is 160 Å². The van der Waals surface area contributed by atoms with Crippen LogP contribution in [0.2, 0.25) is 0 Å². The van der Waals surface area contributed by atoms with Gasteiger partial charge in [-0.05, 0) is 38.2 Å². The molecule has 1 aliphatic heterocycles.